The number of piperazine rings is 1. The minimum absolute atomic E-state index is 0.221. The first-order chi connectivity index (χ1) is 9.42. The van der Waals surface area contributed by atoms with Crippen LogP contribution in [-0.4, -0.2) is 60.4 Å². The average Bonchev–Trinajstić information content (AvgIpc) is 2.41. The fourth-order valence-electron chi connectivity index (χ4n) is 3.17. The SMILES string of the molecule is CC1=N[C@@H](C)C(C)=C2CN(C(=O)C3(C)COC3)CCN12. The predicted molar refractivity (Wildman–Crippen MR) is 77.5 cm³/mol. The van der Waals surface area contributed by atoms with E-state index >= 15 is 0 Å². The third-order valence-electron chi connectivity index (χ3n) is 4.76. The van der Waals surface area contributed by atoms with Gasteiger partial charge in [0.15, 0.2) is 0 Å². The smallest absolute Gasteiger partial charge is 0.233 e. The van der Waals surface area contributed by atoms with Crippen LogP contribution in [0.2, 0.25) is 0 Å². The van der Waals surface area contributed by atoms with Gasteiger partial charge in [0.25, 0.3) is 0 Å². The molecule has 3 aliphatic heterocycles. The first kappa shape index (κ1) is 13.6. The predicted octanol–water partition coefficient (Wildman–Crippen LogP) is 1.26. The minimum Gasteiger partial charge on any atom is -0.379 e. The van der Waals surface area contributed by atoms with Crippen molar-refractivity contribution in [1.82, 2.24) is 9.80 Å². The number of carbonyl (C=O) groups excluding carboxylic acids is 1. The molecule has 0 aromatic carbocycles. The van der Waals surface area contributed by atoms with E-state index in [4.69, 9.17) is 4.74 Å². The van der Waals surface area contributed by atoms with Crippen LogP contribution in [0.1, 0.15) is 27.7 Å². The summed E-state index contributed by atoms with van der Waals surface area (Å²) in [6, 6.07) is 0.221. The summed E-state index contributed by atoms with van der Waals surface area (Å²) in [5.74, 6) is 1.31. The van der Waals surface area contributed by atoms with Crippen molar-refractivity contribution in [2.45, 2.75) is 33.7 Å². The zero-order chi connectivity index (χ0) is 14.5. The van der Waals surface area contributed by atoms with Crippen LogP contribution < -0.4 is 0 Å². The molecule has 1 atom stereocenters. The first-order valence-electron chi connectivity index (χ1n) is 7.31. The highest BCUT2D eigenvalue weighted by Gasteiger charge is 2.45. The lowest BCUT2D eigenvalue weighted by Crippen LogP contribution is -2.58. The van der Waals surface area contributed by atoms with E-state index in [-0.39, 0.29) is 17.4 Å². The Kier molecular flexibility index (Phi) is 3.12. The van der Waals surface area contributed by atoms with Gasteiger partial charge in [-0.2, -0.15) is 0 Å². The number of rotatable bonds is 1. The lowest BCUT2D eigenvalue weighted by Gasteiger charge is -2.46. The lowest BCUT2D eigenvalue weighted by molar-refractivity contribution is -0.169. The summed E-state index contributed by atoms with van der Waals surface area (Å²) in [6.45, 7) is 11.7. The van der Waals surface area contributed by atoms with E-state index in [2.05, 4.69) is 30.7 Å². The van der Waals surface area contributed by atoms with Crippen molar-refractivity contribution in [1.29, 1.82) is 0 Å². The normalized spacial score (nSPS) is 28.8. The first-order valence-corrected chi connectivity index (χ1v) is 7.31. The maximum atomic E-state index is 12.6. The minimum atomic E-state index is -0.306. The number of aliphatic imine (C=N–C) groups is 1. The molecule has 3 aliphatic rings. The molecule has 0 N–H and O–H groups in total. The standard InChI is InChI=1S/C15H23N3O2/c1-10-11(2)16-12(3)18-6-5-17(7-13(10)18)14(19)15(4)8-20-9-15/h11H,5-9H2,1-4H3/t11-/m0/s1. The highest BCUT2D eigenvalue weighted by molar-refractivity contribution is 5.86. The topological polar surface area (TPSA) is 45.1 Å². The van der Waals surface area contributed by atoms with Crippen molar-refractivity contribution >= 4 is 11.7 Å². The zero-order valence-electron chi connectivity index (χ0n) is 12.8. The number of ether oxygens (including phenoxy) is 1. The van der Waals surface area contributed by atoms with Crippen molar-refractivity contribution in [3.8, 4) is 0 Å². The van der Waals surface area contributed by atoms with E-state index in [0.717, 1.165) is 18.9 Å². The summed E-state index contributed by atoms with van der Waals surface area (Å²) in [5.41, 5.74) is 2.23. The Morgan fingerprint density at radius 3 is 2.65 bits per heavy atom. The van der Waals surface area contributed by atoms with Gasteiger partial charge in [0.05, 0.1) is 31.2 Å². The average molecular weight is 277 g/mol. The second-order valence-electron chi connectivity index (χ2n) is 6.41. The Hall–Kier alpha value is -1.36. The Labute approximate surface area is 120 Å². The van der Waals surface area contributed by atoms with Gasteiger partial charge in [-0.25, -0.2) is 0 Å². The van der Waals surface area contributed by atoms with Crippen LogP contribution in [0.15, 0.2) is 16.3 Å². The van der Waals surface area contributed by atoms with Gasteiger partial charge in [-0.1, -0.05) is 0 Å². The fraction of sp³-hybridized carbons (Fsp3) is 0.733. The Balaban J connectivity index is 1.80. The lowest BCUT2D eigenvalue weighted by atomic mass is 9.86. The van der Waals surface area contributed by atoms with E-state index in [9.17, 15) is 4.79 Å². The summed E-state index contributed by atoms with van der Waals surface area (Å²) in [4.78, 5) is 21.5. The molecule has 0 aromatic heterocycles. The number of amides is 1. The van der Waals surface area contributed by atoms with Crippen molar-refractivity contribution in [2.75, 3.05) is 32.8 Å². The van der Waals surface area contributed by atoms with E-state index in [1.165, 1.54) is 11.3 Å². The molecule has 5 nitrogen and oxygen atoms in total. The summed E-state index contributed by atoms with van der Waals surface area (Å²) in [7, 11) is 0. The number of carbonyl (C=O) groups is 1. The second-order valence-corrected chi connectivity index (χ2v) is 6.41. The Morgan fingerprint density at radius 2 is 2.05 bits per heavy atom. The monoisotopic (exact) mass is 277 g/mol. The van der Waals surface area contributed by atoms with Crippen molar-refractivity contribution in [3.05, 3.63) is 11.3 Å². The molecular formula is C15H23N3O2. The second kappa shape index (κ2) is 4.58. The van der Waals surface area contributed by atoms with Gasteiger partial charge in [0.2, 0.25) is 5.91 Å². The maximum absolute atomic E-state index is 12.6. The van der Waals surface area contributed by atoms with Crippen molar-refractivity contribution < 1.29 is 9.53 Å². The molecule has 2 fully saturated rings. The van der Waals surface area contributed by atoms with E-state index in [0.29, 0.717) is 19.8 Å². The van der Waals surface area contributed by atoms with Gasteiger partial charge in [-0.15, -0.1) is 0 Å². The van der Waals surface area contributed by atoms with Gasteiger partial charge < -0.3 is 14.5 Å². The van der Waals surface area contributed by atoms with Crippen LogP contribution in [0.4, 0.5) is 0 Å². The molecule has 0 unspecified atom stereocenters. The van der Waals surface area contributed by atoms with Crippen molar-refractivity contribution in [2.24, 2.45) is 10.4 Å². The fourth-order valence-corrected chi connectivity index (χ4v) is 3.17. The third-order valence-corrected chi connectivity index (χ3v) is 4.76. The molecule has 0 saturated carbocycles. The Bertz CT molecular complexity index is 505. The van der Waals surface area contributed by atoms with Gasteiger partial charge in [-0.3, -0.25) is 9.79 Å². The van der Waals surface area contributed by atoms with Crippen LogP contribution >= 0.6 is 0 Å². The van der Waals surface area contributed by atoms with Crippen LogP contribution in [0.3, 0.4) is 0 Å². The summed E-state index contributed by atoms with van der Waals surface area (Å²) >= 11 is 0. The Morgan fingerprint density at radius 1 is 1.35 bits per heavy atom. The van der Waals surface area contributed by atoms with E-state index in [1.54, 1.807) is 0 Å². The maximum Gasteiger partial charge on any atom is 0.233 e. The number of hydrogen-bond acceptors (Lipinski definition) is 4. The van der Waals surface area contributed by atoms with Gasteiger partial charge in [0.1, 0.15) is 5.84 Å². The van der Waals surface area contributed by atoms with E-state index in [1.807, 2.05) is 11.8 Å². The molecule has 1 amide bonds. The molecular weight excluding hydrogens is 254 g/mol. The number of fused-ring (bicyclic) bond motifs is 1. The highest BCUT2D eigenvalue weighted by atomic mass is 16.5. The molecule has 110 valence electrons. The number of amidine groups is 1. The van der Waals surface area contributed by atoms with Crippen LogP contribution in [0, 0.1) is 5.41 Å². The molecule has 0 aliphatic carbocycles. The van der Waals surface area contributed by atoms with Gasteiger partial charge in [0, 0.05) is 18.8 Å². The van der Waals surface area contributed by atoms with Crippen molar-refractivity contribution in [3.63, 3.8) is 0 Å². The summed E-state index contributed by atoms with van der Waals surface area (Å²) < 4.78 is 5.22. The highest BCUT2D eigenvalue weighted by Crippen LogP contribution is 2.32. The van der Waals surface area contributed by atoms with Gasteiger partial charge >= 0.3 is 0 Å². The number of hydrogen-bond donors (Lipinski definition) is 0. The molecule has 0 radical (unpaired) electrons. The van der Waals surface area contributed by atoms with Crippen LogP contribution in [-0.2, 0) is 9.53 Å². The van der Waals surface area contributed by atoms with Gasteiger partial charge in [-0.05, 0) is 33.3 Å². The van der Waals surface area contributed by atoms with Crippen LogP contribution in [0.25, 0.3) is 0 Å². The molecule has 3 rings (SSSR count). The summed E-state index contributed by atoms with van der Waals surface area (Å²) in [5, 5.41) is 0. The molecule has 2 saturated heterocycles. The molecule has 0 aromatic rings. The summed E-state index contributed by atoms with van der Waals surface area (Å²) in [6.07, 6.45) is 0. The molecule has 20 heavy (non-hydrogen) atoms. The number of nitrogens with zero attached hydrogens (tertiary/aromatic N) is 3. The quantitative estimate of drug-likeness (QED) is 0.725. The third kappa shape index (κ3) is 1.95. The molecule has 0 spiro atoms. The van der Waals surface area contributed by atoms with E-state index < -0.39 is 0 Å². The zero-order valence-corrected chi connectivity index (χ0v) is 12.8. The molecule has 0 bridgehead atoms. The molecule has 5 heteroatoms. The largest absolute Gasteiger partial charge is 0.379 e. The molecule has 3 heterocycles. The van der Waals surface area contributed by atoms with Crippen LogP contribution in [0.5, 0.6) is 0 Å².